The number of amides is 1. The number of hydrogen-bond donors (Lipinski definition) is 3. The molecular weight excluding hydrogens is 354 g/mol. The minimum atomic E-state index is -0.458. The Labute approximate surface area is 160 Å². The van der Waals surface area contributed by atoms with Gasteiger partial charge in [-0.15, -0.1) is 0 Å². The summed E-state index contributed by atoms with van der Waals surface area (Å²) < 4.78 is 0. The molecule has 140 valence electrons. The Morgan fingerprint density at radius 1 is 1.18 bits per heavy atom. The molecule has 0 bridgehead atoms. The molecule has 1 unspecified atom stereocenters. The zero-order valence-corrected chi connectivity index (χ0v) is 15.3. The monoisotopic (exact) mass is 373 g/mol. The standard InChI is InChI=1S/C21H19N5O2/c1-13-24-19(11-20(27)25-13)18(26-21(28)14-6-8-22-9-7-14)10-15-12-23-17-5-3-2-4-16(15)17/h2-9,11-12,18,23H,10H2,1H3,(H,26,28)(H,24,25,27). The van der Waals surface area contributed by atoms with Crippen LogP contribution >= 0.6 is 0 Å². The molecule has 1 amide bonds. The number of aromatic amines is 2. The molecule has 28 heavy (non-hydrogen) atoms. The van der Waals surface area contributed by atoms with E-state index in [-0.39, 0.29) is 11.5 Å². The molecule has 0 radical (unpaired) electrons. The van der Waals surface area contributed by atoms with Crippen LogP contribution in [-0.2, 0) is 6.42 Å². The molecule has 1 atom stereocenters. The van der Waals surface area contributed by atoms with Crippen LogP contribution in [0.3, 0.4) is 0 Å². The van der Waals surface area contributed by atoms with Crippen LogP contribution in [0.5, 0.6) is 0 Å². The van der Waals surface area contributed by atoms with Crippen molar-refractivity contribution in [1.82, 2.24) is 25.3 Å². The van der Waals surface area contributed by atoms with Gasteiger partial charge in [-0.1, -0.05) is 18.2 Å². The molecule has 0 spiro atoms. The van der Waals surface area contributed by atoms with Gasteiger partial charge in [0.2, 0.25) is 0 Å². The van der Waals surface area contributed by atoms with Crippen molar-refractivity contribution in [3.8, 4) is 0 Å². The van der Waals surface area contributed by atoms with Crippen molar-refractivity contribution >= 4 is 16.8 Å². The van der Waals surface area contributed by atoms with Crippen LogP contribution in [0.2, 0.25) is 0 Å². The number of rotatable bonds is 5. The quantitative estimate of drug-likeness (QED) is 0.500. The number of benzene rings is 1. The summed E-state index contributed by atoms with van der Waals surface area (Å²) in [5.74, 6) is 0.261. The van der Waals surface area contributed by atoms with E-state index in [1.807, 2.05) is 30.5 Å². The molecule has 1 aromatic carbocycles. The van der Waals surface area contributed by atoms with E-state index in [0.29, 0.717) is 23.5 Å². The number of aromatic nitrogens is 4. The van der Waals surface area contributed by atoms with Crippen LogP contribution < -0.4 is 10.9 Å². The molecule has 3 heterocycles. The Hall–Kier alpha value is -3.74. The first-order valence-electron chi connectivity index (χ1n) is 8.94. The average molecular weight is 373 g/mol. The lowest BCUT2D eigenvalue weighted by molar-refractivity contribution is 0.0935. The van der Waals surface area contributed by atoms with Crippen molar-refractivity contribution in [2.45, 2.75) is 19.4 Å². The lowest BCUT2D eigenvalue weighted by atomic mass is 10.0. The van der Waals surface area contributed by atoms with Crippen LogP contribution in [0, 0.1) is 6.92 Å². The fourth-order valence-corrected chi connectivity index (χ4v) is 3.28. The Morgan fingerprint density at radius 3 is 2.75 bits per heavy atom. The van der Waals surface area contributed by atoms with E-state index in [1.165, 1.54) is 6.07 Å². The third-order valence-corrected chi connectivity index (χ3v) is 4.58. The highest BCUT2D eigenvalue weighted by molar-refractivity contribution is 5.94. The van der Waals surface area contributed by atoms with E-state index < -0.39 is 6.04 Å². The van der Waals surface area contributed by atoms with E-state index >= 15 is 0 Å². The summed E-state index contributed by atoms with van der Waals surface area (Å²) in [6.07, 6.45) is 5.56. The number of hydrogen-bond acceptors (Lipinski definition) is 4. The predicted octanol–water partition coefficient (Wildman–Crippen LogP) is 2.67. The zero-order valence-electron chi connectivity index (χ0n) is 15.3. The molecular formula is C21H19N5O2. The molecule has 0 aliphatic heterocycles. The maximum atomic E-state index is 12.7. The van der Waals surface area contributed by atoms with Crippen molar-refractivity contribution in [2.24, 2.45) is 0 Å². The molecule has 4 aromatic rings. The molecule has 0 aliphatic rings. The first-order chi connectivity index (χ1) is 13.6. The number of fused-ring (bicyclic) bond motifs is 1. The molecule has 0 saturated heterocycles. The Kier molecular flexibility index (Phi) is 4.72. The first kappa shape index (κ1) is 17.7. The van der Waals surface area contributed by atoms with Gasteiger partial charge in [0.25, 0.3) is 11.5 Å². The van der Waals surface area contributed by atoms with Gasteiger partial charge in [0.15, 0.2) is 0 Å². The van der Waals surface area contributed by atoms with Crippen molar-refractivity contribution in [3.63, 3.8) is 0 Å². The normalized spacial score (nSPS) is 12.0. The number of para-hydroxylation sites is 1. The van der Waals surface area contributed by atoms with Crippen molar-refractivity contribution < 1.29 is 4.79 Å². The Bertz CT molecular complexity index is 1180. The number of carbonyl (C=O) groups is 1. The van der Waals surface area contributed by atoms with Crippen LogP contribution in [0.4, 0.5) is 0 Å². The minimum absolute atomic E-state index is 0.244. The summed E-state index contributed by atoms with van der Waals surface area (Å²) in [4.78, 5) is 39.0. The number of aryl methyl sites for hydroxylation is 1. The summed E-state index contributed by atoms with van der Waals surface area (Å²) in [6, 6.07) is 12.2. The van der Waals surface area contributed by atoms with E-state index in [2.05, 4.69) is 25.3 Å². The van der Waals surface area contributed by atoms with E-state index in [9.17, 15) is 9.59 Å². The molecule has 0 saturated carbocycles. The SMILES string of the molecule is Cc1nc(C(Cc2c[nH]c3ccccc23)NC(=O)c2ccncc2)cc(=O)[nH]1. The van der Waals surface area contributed by atoms with Gasteiger partial charge in [-0.2, -0.15) is 0 Å². The topological polar surface area (TPSA) is 104 Å². The average Bonchev–Trinajstić information content (AvgIpc) is 3.10. The molecule has 0 fully saturated rings. The maximum absolute atomic E-state index is 12.7. The Balaban J connectivity index is 1.70. The number of pyridine rings is 1. The summed E-state index contributed by atoms with van der Waals surface area (Å²) in [6.45, 7) is 1.72. The molecule has 4 rings (SSSR count). The second-order valence-electron chi connectivity index (χ2n) is 6.58. The third kappa shape index (κ3) is 3.68. The lowest BCUT2D eigenvalue weighted by Crippen LogP contribution is -2.31. The van der Waals surface area contributed by atoms with E-state index in [0.717, 1.165) is 16.5 Å². The van der Waals surface area contributed by atoms with Gasteiger partial charge in [0, 0.05) is 47.5 Å². The number of nitrogens with zero attached hydrogens (tertiary/aromatic N) is 2. The predicted molar refractivity (Wildman–Crippen MR) is 106 cm³/mol. The number of carbonyl (C=O) groups excluding carboxylic acids is 1. The summed E-state index contributed by atoms with van der Waals surface area (Å²) in [5.41, 5.74) is 2.83. The fraction of sp³-hybridized carbons (Fsp3) is 0.143. The van der Waals surface area contributed by atoms with Gasteiger partial charge in [0.1, 0.15) is 5.82 Å². The zero-order chi connectivity index (χ0) is 19.5. The van der Waals surface area contributed by atoms with Gasteiger partial charge in [-0.05, 0) is 30.7 Å². The van der Waals surface area contributed by atoms with Gasteiger partial charge in [-0.3, -0.25) is 14.6 Å². The highest BCUT2D eigenvalue weighted by atomic mass is 16.1. The minimum Gasteiger partial charge on any atom is -0.361 e. The smallest absolute Gasteiger partial charge is 0.251 e. The summed E-state index contributed by atoms with van der Waals surface area (Å²) in [5, 5.41) is 4.09. The molecule has 7 nitrogen and oxygen atoms in total. The van der Waals surface area contributed by atoms with Gasteiger partial charge in [0.05, 0.1) is 11.7 Å². The first-order valence-corrected chi connectivity index (χ1v) is 8.94. The Morgan fingerprint density at radius 2 is 1.96 bits per heavy atom. The summed E-state index contributed by atoms with van der Waals surface area (Å²) >= 11 is 0. The van der Waals surface area contributed by atoms with Crippen molar-refractivity contribution in [3.05, 3.63) is 94.1 Å². The number of H-pyrrole nitrogens is 2. The van der Waals surface area contributed by atoms with E-state index in [4.69, 9.17) is 0 Å². The summed E-state index contributed by atoms with van der Waals surface area (Å²) in [7, 11) is 0. The highest BCUT2D eigenvalue weighted by Crippen LogP contribution is 2.23. The van der Waals surface area contributed by atoms with Crippen LogP contribution in [-0.4, -0.2) is 25.8 Å². The molecule has 7 heteroatoms. The van der Waals surface area contributed by atoms with Crippen molar-refractivity contribution in [2.75, 3.05) is 0 Å². The van der Waals surface area contributed by atoms with Crippen LogP contribution in [0.25, 0.3) is 10.9 Å². The van der Waals surface area contributed by atoms with E-state index in [1.54, 1.807) is 31.5 Å². The molecule has 3 N–H and O–H groups in total. The van der Waals surface area contributed by atoms with Gasteiger partial charge in [-0.25, -0.2) is 4.98 Å². The maximum Gasteiger partial charge on any atom is 0.251 e. The number of nitrogens with one attached hydrogen (secondary N) is 3. The second kappa shape index (κ2) is 7.48. The van der Waals surface area contributed by atoms with Crippen LogP contribution in [0.1, 0.15) is 33.5 Å². The lowest BCUT2D eigenvalue weighted by Gasteiger charge is -2.18. The highest BCUT2D eigenvalue weighted by Gasteiger charge is 2.20. The van der Waals surface area contributed by atoms with Crippen LogP contribution in [0.15, 0.2) is 65.8 Å². The fourth-order valence-electron chi connectivity index (χ4n) is 3.28. The largest absolute Gasteiger partial charge is 0.361 e. The molecule has 3 aromatic heterocycles. The second-order valence-corrected chi connectivity index (χ2v) is 6.58. The van der Waals surface area contributed by atoms with Gasteiger partial charge < -0.3 is 15.3 Å². The van der Waals surface area contributed by atoms with Crippen molar-refractivity contribution in [1.29, 1.82) is 0 Å². The third-order valence-electron chi connectivity index (χ3n) is 4.58. The molecule has 0 aliphatic carbocycles. The van der Waals surface area contributed by atoms with Gasteiger partial charge >= 0.3 is 0 Å².